The fourth-order valence-electron chi connectivity index (χ4n) is 2.32. The van der Waals surface area contributed by atoms with Gasteiger partial charge in [-0.2, -0.15) is 0 Å². The van der Waals surface area contributed by atoms with Crippen molar-refractivity contribution in [3.8, 4) is 0 Å². The average molecular weight is 332 g/mol. The first-order chi connectivity index (χ1) is 9.49. The lowest BCUT2D eigenvalue weighted by Gasteiger charge is -2.26. The predicted molar refractivity (Wildman–Crippen MR) is 86.8 cm³/mol. The van der Waals surface area contributed by atoms with Gasteiger partial charge in [0.2, 0.25) is 5.91 Å². The zero-order valence-electron chi connectivity index (χ0n) is 12.2. The second-order valence-corrected chi connectivity index (χ2v) is 6.45. The zero-order chi connectivity index (χ0) is 14.7. The third kappa shape index (κ3) is 4.43. The van der Waals surface area contributed by atoms with E-state index >= 15 is 0 Å². The van der Waals surface area contributed by atoms with Crippen LogP contribution in [0.25, 0.3) is 0 Å². The molecule has 0 bridgehead atoms. The van der Waals surface area contributed by atoms with Gasteiger partial charge in [-0.05, 0) is 23.8 Å². The largest absolute Gasteiger partial charge is 0.339 e. The number of halogens is 1. The van der Waals surface area contributed by atoms with Crippen molar-refractivity contribution in [2.75, 3.05) is 13.1 Å². The summed E-state index contributed by atoms with van der Waals surface area (Å²) in [6, 6.07) is 3.15. The smallest absolute Gasteiger partial charge is 0.262 e. The number of rotatable bonds is 4. The molecule has 1 unspecified atom stereocenters. The van der Waals surface area contributed by atoms with Crippen LogP contribution in [0, 0.1) is 5.92 Å². The maximum atomic E-state index is 12.5. The van der Waals surface area contributed by atoms with Crippen molar-refractivity contribution in [1.82, 2.24) is 10.2 Å². The van der Waals surface area contributed by atoms with Crippen LogP contribution in [0.3, 0.4) is 0 Å². The summed E-state index contributed by atoms with van der Waals surface area (Å²) in [7, 11) is 0. The summed E-state index contributed by atoms with van der Waals surface area (Å²) in [5.41, 5.74) is 5.84. The predicted octanol–water partition coefficient (Wildman–Crippen LogP) is 1.48. The summed E-state index contributed by atoms with van der Waals surface area (Å²) in [5.74, 6) is -0.170. The Kier molecular flexibility index (Phi) is 6.64. The van der Waals surface area contributed by atoms with Gasteiger partial charge in [0.1, 0.15) is 6.04 Å². The molecule has 0 saturated carbocycles. The Balaban J connectivity index is 0.00000220. The van der Waals surface area contributed by atoms with Crippen LogP contribution in [0.1, 0.15) is 29.9 Å². The van der Waals surface area contributed by atoms with E-state index in [2.05, 4.69) is 5.32 Å². The molecule has 1 aliphatic rings. The molecule has 0 aliphatic carbocycles. The monoisotopic (exact) mass is 331 g/mol. The molecule has 21 heavy (non-hydrogen) atoms. The highest BCUT2D eigenvalue weighted by Crippen LogP contribution is 2.14. The van der Waals surface area contributed by atoms with E-state index < -0.39 is 6.04 Å². The van der Waals surface area contributed by atoms with Crippen LogP contribution in [-0.4, -0.2) is 41.9 Å². The molecule has 1 aromatic heterocycles. The molecule has 1 saturated heterocycles. The van der Waals surface area contributed by atoms with E-state index in [1.165, 1.54) is 11.3 Å². The molecule has 2 atom stereocenters. The van der Waals surface area contributed by atoms with E-state index in [0.29, 0.717) is 18.0 Å². The number of carbonyl (C=O) groups excluding carboxylic acids is 2. The Labute approximate surface area is 135 Å². The van der Waals surface area contributed by atoms with Gasteiger partial charge in [0.15, 0.2) is 0 Å². The van der Waals surface area contributed by atoms with Crippen LogP contribution in [-0.2, 0) is 4.79 Å². The van der Waals surface area contributed by atoms with E-state index in [9.17, 15) is 9.59 Å². The van der Waals surface area contributed by atoms with Crippen LogP contribution in [0.5, 0.6) is 0 Å². The summed E-state index contributed by atoms with van der Waals surface area (Å²) in [6.07, 6.45) is 0.829. The van der Waals surface area contributed by atoms with Crippen molar-refractivity contribution in [3.63, 3.8) is 0 Å². The normalized spacial score (nSPS) is 19.2. The van der Waals surface area contributed by atoms with Crippen molar-refractivity contribution in [1.29, 1.82) is 0 Å². The first-order valence-corrected chi connectivity index (χ1v) is 7.75. The first-order valence-electron chi connectivity index (χ1n) is 6.87. The number of nitrogens with zero attached hydrogens (tertiary/aromatic N) is 1. The number of carbonyl (C=O) groups is 2. The molecule has 2 amide bonds. The minimum absolute atomic E-state index is 0. The van der Waals surface area contributed by atoms with Crippen LogP contribution in [0.4, 0.5) is 0 Å². The summed E-state index contributed by atoms with van der Waals surface area (Å²) in [4.78, 5) is 27.0. The van der Waals surface area contributed by atoms with E-state index in [4.69, 9.17) is 5.73 Å². The number of hydrogen-bond acceptors (Lipinski definition) is 4. The lowest BCUT2D eigenvalue weighted by Crippen LogP contribution is -2.51. The van der Waals surface area contributed by atoms with Gasteiger partial charge < -0.3 is 16.0 Å². The fourth-order valence-corrected chi connectivity index (χ4v) is 2.94. The average Bonchev–Trinajstić information content (AvgIpc) is 3.05. The zero-order valence-corrected chi connectivity index (χ0v) is 13.9. The standard InChI is InChI=1S/C14H21N3O2S.ClH/c1-9(2)12(14(19)17-6-5-10(15)8-17)16-13(18)11-4-3-7-20-11;/h3-4,7,9-10,12H,5-6,8,15H2,1-2H3,(H,16,18);1H/t10-,12?;/m1./s1. The Morgan fingerprint density at radius 3 is 2.67 bits per heavy atom. The van der Waals surface area contributed by atoms with Gasteiger partial charge in [-0.1, -0.05) is 19.9 Å². The minimum atomic E-state index is -0.491. The molecule has 0 aromatic carbocycles. The van der Waals surface area contributed by atoms with Gasteiger partial charge >= 0.3 is 0 Å². The Hall–Kier alpha value is -1.11. The summed E-state index contributed by atoms with van der Waals surface area (Å²) < 4.78 is 0. The van der Waals surface area contributed by atoms with Gasteiger partial charge in [0, 0.05) is 19.1 Å². The SMILES string of the molecule is CC(C)C(NC(=O)c1cccs1)C(=O)N1CC[C@@H](N)C1.Cl. The number of thiophene rings is 1. The topological polar surface area (TPSA) is 75.4 Å². The van der Waals surface area contributed by atoms with Crippen molar-refractivity contribution in [2.24, 2.45) is 11.7 Å². The molecule has 3 N–H and O–H groups in total. The van der Waals surface area contributed by atoms with Crippen molar-refractivity contribution in [3.05, 3.63) is 22.4 Å². The third-order valence-electron chi connectivity index (χ3n) is 3.50. The molecule has 0 spiro atoms. The molecule has 2 rings (SSSR count). The van der Waals surface area contributed by atoms with E-state index in [0.717, 1.165) is 6.42 Å². The Morgan fingerprint density at radius 1 is 1.48 bits per heavy atom. The maximum Gasteiger partial charge on any atom is 0.262 e. The van der Waals surface area contributed by atoms with E-state index in [1.54, 1.807) is 11.0 Å². The van der Waals surface area contributed by atoms with Crippen molar-refractivity contribution >= 4 is 35.6 Å². The molecule has 1 fully saturated rings. The molecular formula is C14H22ClN3O2S. The van der Waals surface area contributed by atoms with Gasteiger partial charge in [0.25, 0.3) is 5.91 Å². The number of nitrogens with one attached hydrogen (secondary N) is 1. The van der Waals surface area contributed by atoms with Crippen LogP contribution in [0.2, 0.25) is 0 Å². The minimum Gasteiger partial charge on any atom is -0.339 e. The van der Waals surface area contributed by atoms with Crippen LogP contribution < -0.4 is 11.1 Å². The number of likely N-dealkylation sites (tertiary alicyclic amines) is 1. The lowest BCUT2D eigenvalue weighted by molar-refractivity contribution is -0.133. The molecule has 118 valence electrons. The van der Waals surface area contributed by atoms with E-state index in [-0.39, 0.29) is 36.2 Å². The van der Waals surface area contributed by atoms with Crippen LogP contribution >= 0.6 is 23.7 Å². The molecule has 1 aliphatic heterocycles. The Morgan fingerprint density at radius 2 is 2.19 bits per heavy atom. The van der Waals surface area contributed by atoms with Gasteiger partial charge in [-0.15, -0.1) is 23.7 Å². The number of amides is 2. The van der Waals surface area contributed by atoms with Gasteiger partial charge in [0.05, 0.1) is 4.88 Å². The lowest BCUT2D eigenvalue weighted by atomic mass is 10.0. The second kappa shape index (κ2) is 7.77. The highest BCUT2D eigenvalue weighted by atomic mass is 35.5. The fraction of sp³-hybridized carbons (Fsp3) is 0.571. The maximum absolute atomic E-state index is 12.5. The summed E-state index contributed by atoms with van der Waals surface area (Å²) in [5, 5.41) is 4.70. The van der Waals surface area contributed by atoms with Crippen molar-refractivity contribution in [2.45, 2.75) is 32.4 Å². The summed E-state index contributed by atoms with van der Waals surface area (Å²) >= 11 is 1.37. The Bertz CT molecular complexity index is 479. The molecular weight excluding hydrogens is 310 g/mol. The van der Waals surface area contributed by atoms with Crippen molar-refractivity contribution < 1.29 is 9.59 Å². The summed E-state index contributed by atoms with van der Waals surface area (Å²) in [6.45, 7) is 5.13. The molecule has 0 radical (unpaired) electrons. The van der Waals surface area contributed by atoms with Gasteiger partial charge in [-0.25, -0.2) is 0 Å². The van der Waals surface area contributed by atoms with E-state index in [1.807, 2.05) is 25.3 Å². The molecule has 1 aromatic rings. The highest BCUT2D eigenvalue weighted by Gasteiger charge is 2.32. The molecule has 7 heteroatoms. The third-order valence-corrected chi connectivity index (χ3v) is 4.37. The number of nitrogens with two attached hydrogens (primary N) is 1. The first kappa shape index (κ1) is 17.9. The van der Waals surface area contributed by atoms with Crippen LogP contribution in [0.15, 0.2) is 17.5 Å². The molecule has 2 heterocycles. The number of hydrogen-bond donors (Lipinski definition) is 2. The van der Waals surface area contributed by atoms with Gasteiger partial charge in [-0.3, -0.25) is 9.59 Å². The quantitative estimate of drug-likeness (QED) is 0.877. The highest BCUT2D eigenvalue weighted by molar-refractivity contribution is 7.12. The second-order valence-electron chi connectivity index (χ2n) is 5.51. The molecule has 5 nitrogen and oxygen atoms in total.